The van der Waals surface area contributed by atoms with Gasteiger partial charge in [-0.2, -0.15) is 13.2 Å². The van der Waals surface area contributed by atoms with Crippen LogP contribution in [0.5, 0.6) is 0 Å². The highest BCUT2D eigenvalue weighted by Gasteiger charge is 2.49. The number of halogens is 3. The van der Waals surface area contributed by atoms with Gasteiger partial charge >= 0.3 is 12.1 Å². The Hall–Kier alpha value is -3.52. The summed E-state index contributed by atoms with van der Waals surface area (Å²) in [6, 6.07) is 13.2. The average molecular weight is 631 g/mol. The summed E-state index contributed by atoms with van der Waals surface area (Å²) in [6.07, 6.45) is 0.328. The second-order valence-corrected chi connectivity index (χ2v) is 13.7. The normalized spacial score (nSPS) is 20.9. The Balaban J connectivity index is 1.56. The number of rotatable bonds is 7. The number of hydrogen-bond donors (Lipinski definition) is 3. The second-order valence-electron chi connectivity index (χ2n) is 11.3. The molecule has 2 aromatic heterocycles. The number of carbonyl (C=O) groups is 1. The van der Waals surface area contributed by atoms with Crippen LogP contribution in [-0.2, 0) is 27.7 Å². The van der Waals surface area contributed by atoms with Crippen molar-refractivity contribution in [1.29, 1.82) is 0 Å². The van der Waals surface area contributed by atoms with E-state index in [1.807, 2.05) is 26.0 Å². The van der Waals surface area contributed by atoms with Gasteiger partial charge in [-0.1, -0.05) is 26.0 Å². The lowest BCUT2D eigenvalue weighted by Gasteiger charge is -2.44. The number of carboxylic acids is 1. The van der Waals surface area contributed by atoms with Crippen molar-refractivity contribution in [1.82, 2.24) is 15.0 Å². The van der Waals surface area contributed by atoms with E-state index in [0.717, 1.165) is 12.3 Å². The molecule has 2 aromatic carbocycles. The monoisotopic (exact) mass is 630 g/mol. The molecule has 3 atom stereocenters. The number of alkyl halides is 3. The van der Waals surface area contributed by atoms with E-state index in [9.17, 15) is 32.7 Å². The Labute approximate surface area is 253 Å². The average Bonchev–Trinajstić information content (AvgIpc) is 3.43. The van der Waals surface area contributed by atoms with Gasteiger partial charge in [0.15, 0.2) is 4.90 Å². The summed E-state index contributed by atoms with van der Waals surface area (Å²) < 4.78 is 52.4. The lowest BCUT2D eigenvalue weighted by Crippen LogP contribution is -2.44. The molecule has 0 spiro atoms. The summed E-state index contributed by atoms with van der Waals surface area (Å²) in [6.45, 7) is 3.66. The number of aliphatic hydroxyl groups is 1. The molecule has 0 saturated heterocycles. The first kappa shape index (κ1) is 30.9. The van der Waals surface area contributed by atoms with Crippen LogP contribution in [0.4, 0.5) is 24.8 Å². The van der Waals surface area contributed by atoms with Gasteiger partial charge in [-0.3, -0.25) is 4.79 Å². The van der Waals surface area contributed by atoms with E-state index < -0.39 is 45.9 Å². The van der Waals surface area contributed by atoms with Gasteiger partial charge in [-0.15, -0.1) is 11.3 Å². The van der Waals surface area contributed by atoms with E-state index in [2.05, 4.69) is 20.3 Å². The number of benzene rings is 2. The highest BCUT2D eigenvalue weighted by molar-refractivity contribution is 7.90. The maximum absolute atomic E-state index is 13.3. The van der Waals surface area contributed by atoms with E-state index in [-0.39, 0.29) is 18.8 Å². The number of anilines is 2. The molecule has 5 rings (SSSR count). The topological polar surface area (TPSA) is 131 Å². The zero-order valence-electron chi connectivity index (χ0n) is 23.5. The van der Waals surface area contributed by atoms with Gasteiger partial charge in [0.05, 0.1) is 10.8 Å². The van der Waals surface area contributed by atoms with Crippen LogP contribution in [0, 0.1) is 11.3 Å². The number of aliphatic carboxylic acids is 1. The molecule has 1 saturated carbocycles. The summed E-state index contributed by atoms with van der Waals surface area (Å²) in [7, 11) is 0. The Morgan fingerprint density at radius 2 is 1.86 bits per heavy atom. The standard InChI is InChI=1S/C30H29F3N4O4S2/c1-28(2)16-29(40,10-8-21(28)25(38)39)26-35-15-22(42-26)18-12-17(20-6-4-5-7-23(20)43(3)41)13-19(14-18)36-27-34-11-9-24(37-27)30(31,32)33/h4-7,9,11-15,21,40H,8,10,16H2,1-3H3,(H,38,39)(H,34,36,37)/t21-,29-,43?/m1/s1. The molecule has 1 aliphatic rings. The fourth-order valence-corrected chi connectivity index (χ4v) is 7.45. The second kappa shape index (κ2) is 11.5. The molecule has 0 aliphatic heterocycles. The van der Waals surface area contributed by atoms with Crippen molar-refractivity contribution in [2.75, 3.05) is 11.6 Å². The van der Waals surface area contributed by atoms with Gasteiger partial charge < -0.3 is 20.1 Å². The molecule has 43 heavy (non-hydrogen) atoms. The molecule has 13 heteroatoms. The molecular weight excluding hydrogens is 601 g/mol. The zero-order valence-corrected chi connectivity index (χ0v) is 25.1. The summed E-state index contributed by atoms with van der Waals surface area (Å²) in [5.41, 5.74) is -0.700. The van der Waals surface area contributed by atoms with Crippen molar-refractivity contribution in [3.05, 3.63) is 71.6 Å². The molecule has 0 bridgehead atoms. The predicted octanol–water partition coefficient (Wildman–Crippen LogP) is 6.87. The van der Waals surface area contributed by atoms with E-state index >= 15 is 0 Å². The molecule has 1 fully saturated rings. The van der Waals surface area contributed by atoms with Crippen molar-refractivity contribution < 1.29 is 32.7 Å². The maximum atomic E-state index is 13.3. The van der Waals surface area contributed by atoms with Crippen LogP contribution in [0.3, 0.4) is 0 Å². The van der Waals surface area contributed by atoms with Crippen LogP contribution in [-0.4, -0.2) is 41.9 Å². The van der Waals surface area contributed by atoms with E-state index in [4.69, 9.17) is 0 Å². The fourth-order valence-electron chi connectivity index (χ4n) is 5.66. The van der Waals surface area contributed by atoms with Crippen LogP contribution < -0.4 is 5.32 Å². The van der Waals surface area contributed by atoms with Crippen LogP contribution in [0.2, 0.25) is 0 Å². The molecule has 0 radical (unpaired) electrons. The first-order chi connectivity index (χ1) is 20.2. The largest absolute Gasteiger partial charge is 0.612 e. The molecule has 1 aliphatic carbocycles. The number of hydrogen-bond acceptors (Lipinski definition) is 8. The van der Waals surface area contributed by atoms with Crippen LogP contribution >= 0.6 is 11.3 Å². The number of aromatic nitrogens is 3. The highest BCUT2D eigenvalue weighted by Crippen LogP contribution is 2.51. The van der Waals surface area contributed by atoms with Crippen molar-refractivity contribution in [2.45, 2.75) is 49.8 Å². The molecule has 4 aromatic rings. The molecule has 226 valence electrons. The van der Waals surface area contributed by atoms with Gasteiger partial charge in [0.1, 0.15) is 22.6 Å². The summed E-state index contributed by atoms with van der Waals surface area (Å²) >= 11 is -0.0626. The Kier molecular flexibility index (Phi) is 8.29. The lowest BCUT2D eigenvalue weighted by atomic mass is 9.63. The van der Waals surface area contributed by atoms with Crippen LogP contribution in [0.15, 0.2) is 65.8 Å². The number of carboxylic acid groups (broad SMARTS) is 1. The van der Waals surface area contributed by atoms with E-state index in [1.54, 1.807) is 42.8 Å². The number of nitrogens with zero attached hydrogens (tertiary/aromatic N) is 3. The van der Waals surface area contributed by atoms with Crippen molar-refractivity contribution in [2.24, 2.45) is 11.3 Å². The third-order valence-electron chi connectivity index (χ3n) is 7.67. The van der Waals surface area contributed by atoms with Gasteiger partial charge in [-0.05, 0) is 83.4 Å². The minimum Gasteiger partial charge on any atom is -0.612 e. The highest BCUT2D eigenvalue weighted by atomic mass is 32.2. The minimum atomic E-state index is -4.64. The van der Waals surface area contributed by atoms with Gasteiger partial charge in [0.2, 0.25) is 5.95 Å². The van der Waals surface area contributed by atoms with Crippen LogP contribution in [0.25, 0.3) is 21.6 Å². The molecule has 1 unspecified atom stereocenters. The summed E-state index contributed by atoms with van der Waals surface area (Å²) in [5, 5.41) is 24.6. The van der Waals surface area contributed by atoms with Crippen molar-refractivity contribution in [3.63, 3.8) is 0 Å². The Bertz CT molecular complexity index is 1660. The third-order valence-corrected chi connectivity index (χ3v) is 9.88. The number of nitrogens with one attached hydrogen (secondary N) is 1. The first-order valence-corrected chi connectivity index (χ1v) is 15.7. The Morgan fingerprint density at radius 3 is 2.53 bits per heavy atom. The maximum Gasteiger partial charge on any atom is 0.433 e. The zero-order chi connectivity index (χ0) is 31.2. The summed E-state index contributed by atoms with van der Waals surface area (Å²) in [4.78, 5) is 25.1. The molecular formula is C30H29F3N4O4S2. The molecule has 2 heterocycles. The van der Waals surface area contributed by atoms with E-state index in [1.165, 1.54) is 11.3 Å². The minimum absolute atomic E-state index is 0.222. The quantitative estimate of drug-likeness (QED) is 0.189. The smallest absolute Gasteiger partial charge is 0.433 e. The van der Waals surface area contributed by atoms with Crippen molar-refractivity contribution in [3.8, 4) is 21.6 Å². The first-order valence-electron chi connectivity index (χ1n) is 13.3. The van der Waals surface area contributed by atoms with Gasteiger partial charge in [0.25, 0.3) is 0 Å². The van der Waals surface area contributed by atoms with Crippen LogP contribution in [0.1, 0.15) is 43.8 Å². The Morgan fingerprint density at radius 1 is 1.14 bits per heavy atom. The SMILES string of the molecule is C[S+]([O-])c1ccccc1-c1cc(Nc2nccc(C(F)(F)F)n2)cc(-c2cnc([C@@]3(O)CC[C@H](C(=O)O)C(C)(C)C3)s2)c1. The van der Waals surface area contributed by atoms with Crippen molar-refractivity contribution >= 4 is 40.1 Å². The van der Waals surface area contributed by atoms with E-state index in [0.29, 0.717) is 43.6 Å². The predicted molar refractivity (Wildman–Crippen MR) is 158 cm³/mol. The molecule has 0 amide bonds. The van der Waals surface area contributed by atoms with Gasteiger partial charge in [0, 0.05) is 23.6 Å². The molecule has 3 N–H and O–H groups in total. The number of thiazole rings is 1. The summed E-state index contributed by atoms with van der Waals surface area (Å²) in [5.74, 6) is -1.72. The molecule has 8 nitrogen and oxygen atoms in total. The fraction of sp³-hybridized carbons (Fsp3) is 0.333. The lowest BCUT2D eigenvalue weighted by molar-refractivity contribution is -0.154. The third kappa shape index (κ3) is 6.54. The van der Waals surface area contributed by atoms with Gasteiger partial charge in [-0.25, -0.2) is 15.0 Å².